The van der Waals surface area contributed by atoms with E-state index in [4.69, 9.17) is 23.1 Å². The van der Waals surface area contributed by atoms with Gasteiger partial charge in [0.15, 0.2) is 5.96 Å². The van der Waals surface area contributed by atoms with E-state index in [-0.39, 0.29) is 5.96 Å². The molecule has 0 aliphatic carbocycles. The van der Waals surface area contributed by atoms with E-state index in [9.17, 15) is 0 Å². The standard InChI is InChI=1S/C10H11BrClN3/c1-2-3-6-4-8(12)7(11)5-9(6)15-10(13)14/h2-5H,1H3,(H4,13,14,15)/b3-2+. The van der Waals surface area contributed by atoms with Crippen LogP contribution in [-0.4, -0.2) is 5.96 Å². The van der Waals surface area contributed by atoms with Crippen LogP contribution in [-0.2, 0) is 0 Å². The van der Waals surface area contributed by atoms with Crippen LogP contribution in [0.3, 0.4) is 0 Å². The first kappa shape index (κ1) is 12.1. The SMILES string of the molecule is C/C=C/c1cc(Cl)c(Br)cc1N=C(N)N. The topological polar surface area (TPSA) is 64.4 Å². The predicted octanol–water partition coefficient (Wildman–Crippen LogP) is 3.04. The molecule has 0 unspecified atom stereocenters. The molecule has 0 bridgehead atoms. The number of allylic oxidation sites excluding steroid dienone is 1. The highest BCUT2D eigenvalue weighted by Crippen LogP contribution is 2.31. The monoisotopic (exact) mass is 287 g/mol. The Bertz CT molecular complexity index is 423. The Morgan fingerprint density at radius 2 is 2.13 bits per heavy atom. The molecule has 0 amide bonds. The van der Waals surface area contributed by atoms with Crippen molar-refractivity contribution in [3.8, 4) is 0 Å². The lowest BCUT2D eigenvalue weighted by atomic mass is 10.1. The first-order valence-electron chi connectivity index (χ1n) is 4.26. The molecule has 0 spiro atoms. The Labute approximate surface area is 102 Å². The molecule has 3 nitrogen and oxygen atoms in total. The van der Waals surface area contributed by atoms with Crippen molar-refractivity contribution in [3.63, 3.8) is 0 Å². The quantitative estimate of drug-likeness (QED) is 0.649. The minimum absolute atomic E-state index is 0.0231. The molecule has 5 heteroatoms. The number of benzene rings is 1. The highest BCUT2D eigenvalue weighted by atomic mass is 79.9. The second-order valence-electron chi connectivity index (χ2n) is 2.86. The van der Waals surface area contributed by atoms with Crippen LogP contribution in [0.4, 0.5) is 5.69 Å². The number of hydrogen-bond donors (Lipinski definition) is 2. The van der Waals surface area contributed by atoms with Gasteiger partial charge < -0.3 is 11.5 Å². The van der Waals surface area contributed by atoms with Crippen LogP contribution in [0.2, 0.25) is 5.02 Å². The van der Waals surface area contributed by atoms with Crippen molar-refractivity contribution in [3.05, 3.63) is 33.3 Å². The summed E-state index contributed by atoms with van der Waals surface area (Å²) < 4.78 is 0.761. The molecule has 80 valence electrons. The first-order chi connectivity index (χ1) is 7.04. The molecule has 0 aliphatic heterocycles. The highest BCUT2D eigenvalue weighted by Gasteiger charge is 2.04. The van der Waals surface area contributed by atoms with Crippen molar-refractivity contribution in [2.45, 2.75) is 6.92 Å². The molecule has 0 radical (unpaired) electrons. The van der Waals surface area contributed by atoms with Gasteiger partial charge in [0, 0.05) is 10.0 Å². The fraction of sp³-hybridized carbons (Fsp3) is 0.100. The average Bonchev–Trinajstić information content (AvgIpc) is 2.13. The van der Waals surface area contributed by atoms with E-state index >= 15 is 0 Å². The van der Waals surface area contributed by atoms with Crippen LogP contribution in [0.5, 0.6) is 0 Å². The average molecular weight is 289 g/mol. The van der Waals surface area contributed by atoms with Gasteiger partial charge in [0.1, 0.15) is 0 Å². The number of nitrogens with two attached hydrogens (primary N) is 2. The molecular weight excluding hydrogens is 277 g/mol. The van der Waals surface area contributed by atoms with Gasteiger partial charge >= 0.3 is 0 Å². The van der Waals surface area contributed by atoms with Gasteiger partial charge in [0.05, 0.1) is 10.7 Å². The zero-order valence-corrected chi connectivity index (χ0v) is 10.5. The summed E-state index contributed by atoms with van der Waals surface area (Å²) in [6.45, 7) is 1.91. The van der Waals surface area contributed by atoms with Gasteiger partial charge in [-0.05, 0) is 35.0 Å². The lowest BCUT2D eigenvalue weighted by molar-refractivity contribution is 1.40. The Hall–Kier alpha value is -1.00. The molecule has 0 heterocycles. The molecule has 0 atom stereocenters. The van der Waals surface area contributed by atoms with Gasteiger partial charge in [0.2, 0.25) is 0 Å². The molecule has 0 saturated carbocycles. The molecule has 4 N–H and O–H groups in total. The van der Waals surface area contributed by atoms with Crippen LogP contribution >= 0.6 is 27.5 Å². The molecule has 0 aliphatic rings. The lowest BCUT2D eigenvalue weighted by Gasteiger charge is -2.04. The maximum absolute atomic E-state index is 5.97. The number of hydrogen-bond acceptors (Lipinski definition) is 1. The van der Waals surface area contributed by atoms with E-state index in [0.717, 1.165) is 10.0 Å². The smallest absolute Gasteiger partial charge is 0.191 e. The van der Waals surface area contributed by atoms with Gasteiger partial charge in [-0.15, -0.1) is 0 Å². The third kappa shape index (κ3) is 3.25. The minimum Gasteiger partial charge on any atom is -0.370 e. The fourth-order valence-corrected chi connectivity index (χ4v) is 1.60. The lowest BCUT2D eigenvalue weighted by Crippen LogP contribution is -2.22. The fourth-order valence-electron chi connectivity index (χ4n) is 1.10. The third-order valence-electron chi connectivity index (χ3n) is 1.67. The molecule has 1 aromatic carbocycles. The Morgan fingerprint density at radius 1 is 1.47 bits per heavy atom. The van der Waals surface area contributed by atoms with Gasteiger partial charge in [-0.3, -0.25) is 0 Å². The van der Waals surface area contributed by atoms with Crippen molar-refractivity contribution in [1.82, 2.24) is 0 Å². The van der Waals surface area contributed by atoms with E-state index in [1.54, 1.807) is 12.1 Å². The van der Waals surface area contributed by atoms with E-state index in [1.807, 2.05) is 19.1 Å². The van der Waals surface area contributed by atoms with Crippen LogP contribution in [0.15, 0.2) is 27.7 Å². The molecule has 1 aromatic rings. The van der Waals surface area contributed by atoms with Crippen LogP contribution < -0.4 is 11.5 Å². The number of aliphatic imine (C=N–C) groups is 1. The first-order valence-corrected chi connectivity index (χ1v) is 5.43. The van der Waals surface area contributed by atoms with Gasteiger partial charge in [-0.1, -0.05) is 23.8 Å². The van der Waals surface area contributed by atoms with E-state index in [1.165, 1.54) is 0 Å². The van der Waals surface area contributed by atoms with Crippen molar-refractivity contribution < 1.29 is 0 Å². The third-order valence-corrected chi connectivity index (χ3v) is 2.86. The van der Waals surface area contributed by atoms with Crippen molar-refractivity contribution in [2.24, 2.45) is 16.5 Å². The summed E-state index contributed by atoms with van der Waals surface area (Å²) in [4.78, 5) is 4.01. The Balaban J connectivity index is 3.34. The largest absolute Gasteiger partial charge is 0.370 e. The summed E-state index contributed by atoms with van der Waals surface area (Å²) in [7, 11) is 0. The second kappa shape index (κ2) is 5.19. The maximum Gasteiger partial charge on any atom is 0.191 e. The van der Waals surface area contributed by atoms with Crippen LogP contribution in [0.1, 0.15) is 12.5 Å². The summed E-state index contributed by atoms with van der Waals surface area (Å²) in [5.41, 5.74) is 12.2. The summed E-state index contributed by atoms with van der Waals surface area (Å²) in [6, 6.07) is 3.57. The van der Waals surface area contributed by atoms with E-state index in [2.05, 4.69) is 20.9 Å². The Morgan fingerprint density at radius 3 is 2.67 bits per heavy atom. The summed E-state index contributed by atoms with van der Waals surface area (Å²) >= 11 is 9.28. The van der Waals surface area contributed by atoms with Crippen molar-refractivity contribution in [2.75, 3.05) is 0 Å². The molecular formula is C10H11BrClN3. The number of guanidine groups is 1. The zero-order valence-electron chi connectivity index (χ0n) is 8.17. The molecule has 0 saturated heterocycles. The maximum atomic E-state index is 5.97. The van der Waals surface area contributed by atoms with Gasteiger partial charge in [-0.25, -0.2) is 4.99 Å². The van der Waals surface area contributed by atoms with Gasteiger partial charge in [-0.2, -0.15) is 0 Å². The number of halogens is 2. The second-order valence-corrected chi connectivity index (χ2v) is 4.12. The molecule has 0 fully saturated rings. The van der Waals surface area contributed by atoms with Crippen LogP contribution in [0, 0.1) is 0 Å². The zero-order chi connectivity index (χ0) is 11.4. The van der Waals surface area contributed by atoms with Crippen LogP contribution in [0.25, 0.3) is 6.08 Å². The minimum atomic E-state index is 0.0231. The highest BCUT2D eigenvalue weighted by molar-refractivity contribution is 9.10. The van der Waals surface area contributed by atoms with E-state index in [0.29, 0.717) is 10.7 Å². The number of rotatable bonds is 2. The molecule has 0 aromatic heterocycles. The van der Waals surface area contributed by atoms with E-state index < -0.39 is 0 Å². The van der Waals surface area contributed by atoms with Crippen molar-refractivity contribution >= 4 is 45.3 Å². The summed E-state index contributed by atoms with van der Waals surface area (Å²) in [6.07, 6.45) is 3.78. The normalized spacial score (nSPS) is 10.6. The van der Waals surface area contributed by atoms with Gasteiger partial charge in [0.25, 0.3) is 0 Å². The summed E-state index contributed by atoms with van der Waals surface area (Å²) in [5.74, 6) is 0.0231. The molecule has 15 heavy (non-hydrogen) atoms. The van der Waals surface area contributed by atoms with Crippen molar-refractivity contribution in [1.29, 1.82) is 0 Å². The Kier molecular flexibility index (Phi) is 4.17. The molecule has 1 rings (SSSR count). The predicted molar refractivity (Wildman–Crippen MR) is 69.3 cm³/mol. The summed E-state index contributed by atoms with van der Waals surface area (Å²) in [5, 5.41) is 0.623. The number of nitrogens with zero attached hydrogens (tertiary/aromatic N) is 1.